The Morgan fingerprint density at radius 2 is 2.10 bits per heavy atom. The van der Waals surface area contributed by atoms with Gasteiger partial charge in [-0.3, -0.25) is 0 Å². The molecule has 0 aromatic carbocycles. The van der Waals surface area contributed by atoms with E-state index in [2.05, 4.69) is 15.3 Å². The molecule has 108 valence electrons. The number of halogens is 3. The minimum absolute atomic E-state index is 0.0218. The number of alkyl halides is 3. The summed E-state index contributed by atoms with van der Waals surface area (Å²) in [6.07, 6.45) is -2.20. The second kappa shape index (κ2) is 5.40. The van der Waals surface area contributed by atoms with Gasteiger partial charge >= 0.3 is 6.18 Å². The lowest BCUT2D eigenvalue weighted by Gasteiger charge is -2.10. The Hall–Kier alpha value is -2.25. The molecular weight excluding hydrogens is 273 g/mol. The number of nitrogens with one attached hydrogen (secondary N) is 1. The molecule has 0 aliphatic rings. The summed E-state index contributed by atoms with van der Waals surface area (Å²) < 4.78 is 43.2. The van der Waals surface area contributed by atoms with Gasteiger partial charge in [0, 0.05) is 6.42 Å². The fraction of sp³-hybridized carbons (Fsp3) is 0.333. The maximum absolute atomic E-state index is 12.6. The van der Waals surface area contributed by atoms with Crippen molar-refractivity contribution in [1.82, 2.24) is 9.97 Å². The lowest BCUT2D eigenvalue weighted by Crippen LogP contribution is -2.09. The molecule has 0 fully saturated rings. The van der Waals surface area contributed by atoms with Gasteiger partial charge < -0.3 is 15.5 Å². The Morgan fingerprint density at radius 3 is 2.70 bits per heavy atom. The highest BCUT2D eigenvalue weighted by molar-refractivity contribution is 5.47. The summed E-state index contributed by atoms with van der Waals surface area (Å²) in [4.78, 5) is 7.77. The first kappa shape index (κ1) is 14.2. The quantitative estimate of drug-likeness (QED) is 0.903. The van der Waals surface area contributed by atoms with E-state index in [1.54, 1.807) is 6.20 Å². The molecule has 2 rings (SSSR count). The molecule has 0 radical (unpaired) electrons. The van der Waals surface area contributed by atoms with Gasteiger partial charge in [0.2, 0.25) is 5.89 Å². The van der Waals surface area contributed by atoms with Crippen LogP contribution in [0.2, 0.25) is 0 Å². The van der Waals surface area contributed by atoms with Gasteiger partial charge in [0.1, 0.15) is 17.4 Å². The van der Waals surface area contributed by atoms with Crippen LogP contribution in [0.25, 0.3) is 0 Å². The molecule has 2 heterocycles. The lowest BCUT2D eigenvalue weighted by molar-refractivity contribution is -0.137. The van der Waals surface area contributed by atoms with Crippen LogP contribution in [-0.4, -0.2) is 9.97 Å². The van der Waals surface area contributed by atoms with Crippen LogP contribution in [-0.2, 0) is 19.1 Å². The van der Waals surface area contributed by atoms with Crippen molar-refractivity contribution >= 4 is 11.6 Å². The van der Waals surface area contributed by atoms with E-state index in [0.717, 1.165) is 12.1 Å². The topological polar surface area (TPSA) is 77.0 Å². The average molecular weight is 286 g/mol. The second-order valence-electron chi connectivity index (χ2n) is 4.09. The van der Waals surface area contributed by atoms with Crippen LogP contribution in [0.3, 0.4) is 0 Å². The molecule has 8 heteroatoms. The van der Waals surface area contributed by atoms with Crippen molar-refractivity contribution in [1.29, 1.82) is 0 Å². The molecule has 0 saturated heterocycles. The van der Waals surface area contributed by atoms with Crippen LogP contribution < -0.4 is 11.1 Å². The molecular formula is C12H13F3N4O. The van der Waals surface area contributed by atoms with Crippen LogP contribution in [0.5, 0.6) is 0 Å². The van der Waals surface area contributed by atoms with E-state index in [4.69, 9.17) is 10.2 Å². The summed E-state index contributed by atoms with van der Waals surface area (Å²) >= 11 is 0. The Bertz CT molecular complexity index is 595. The monoisotopic (exact) mass is 286 g/mol. The van der Waals surface area contributed by atoms with Crippen LogP contribution in [0.4, 0.5) is 24.8 Å². The van der Waals surface area contributed by atoms with E-state index in [9.17, 15) is 13.2 Å². The molecule has 0 aliphatic heterocycles. The zero-order valence-electron chi connectivity index (χ0n) is 10.7. The third kappa shape index (κ3) is 3.40. The van der Waals surface area contributed by atoms with Gasteiger partial charge in [-0.05, 0) is 12.1 Å². The highest BCUT2D eigenvalue weighted by Gasteiger charge is 2.31. The summed E-state index contributed by atoms with van der Waals surface area (Å²) in [5.74, 6) is 0.899. The van der Waals surface area contributed by atoms with Crippen molar-refractivity contribution in [2.75, 3.05) is 11.1 Å². The fourth-order valence-corrected chi connectivity index (χ4v) is 1.57. The summed E-state index contributed by atoms with van der Waals surface area (Å²) in [6.45, 7) is 2.04. The minimum atomic E-state index is -4.47. The maximum Gasteiger partial charge on any atom is 0.416 e. The van der Waals surface area contributed by atoms with Gasteiger partial charge in [-0.2, -0.15) is 13.2 Å². The van der Waals surface area contributed by atoms with Crippen molar-refractivity contribution in [3.63, 3.8) is 0 Å². The summed E-state index contributed by atoms with van der Waals surface area (Å²) in [7, 11) is 0. The van der Waals surface area contributed by atoms with Crippen LogP contribution in [0, 0.1) is 0 Å². The highest BCUT2D eigenvalue weighted by atomic mass is 19.4. The molecule has 3 N–H and O–H groups in total. The summed E-state index contributed by atoms with van der Waals surface area (Å²) in [5.41, 5.74) is 4.51. The van der Waals surface area contributed by atoms with Gasteiger partial charge in [0.25, 0.3) is 0 Å². The molecule has 0 atom stereocenters. The molecule has 0 spiro atoms. The first-order valence-electron chi connectivity index (χ1n) is 5.90. The molecule has 0 bridgehead atoms. The first-order chi connectivity index (χ1) is 9.38. The van der Waals surface area contributed by atoms with Crippen molar-refractivity contribution in [3.8, 4) is 0 Å². The first-order valence-corrected chi connectivity index (χ1v) is 5.90. The largest absolute Gasteiger partial charge is 0.444 e. The van der Waals surface area contributed by atoms with Crippen LogP contribution >= 0.6 is 0 Å². The number of nitrogen functional groups attached to an aromatic ring is 1. The molecule has 20 heavy (non-hydrogen) atoms. The number of rotatable bonds is 4. The Morgan fingerprint density at radius 1 is 1.35 bits per heavy atom. The average Bonchev–Trinajstić information content (AvgIpc) is 2.82. The van der Waals surface area contributed by atoms with Crippen molar-refractivity contribution in [3.05, 3.63) is 35.5 Å². The van der Waals surface area contributed by atoms with E-state index in [1.165, 1.54) is 0 Å². The Kier molecular flexibility index (Phi) is 3.82. The normalized spacial score (nSPS) is 11.6. The van der Waals surface area contributed by atoms with Crippen LogP contribution in [0.15, 0.2) is 22.7 Å². The predicted molar refractivity (Wildman–Crippen MR) is 66.9 cm³/mol. The lowest BCUT2D eigenvalue weighted by atomic mass is 10.2. The van der Waals surface area contributed by atoms with E-state index in [0.29, 0.717) is 18.1 Å². The minimum Gasteiger partial charge on any atom is -0.444 e. The molecule has 0 saturated carbocycles. The number of hydrogen-bond donors (Lipinski definition) is 2. The van der Waals surface area contributed by atoms with E-state index in [1.807, 2.05) is 6.92 Å². The van der Waals surface area contributed by atoms with Crippen molar-refractivity contribution < 1.29 is 17.6 Å². The maximum atomic E-state index is 12.6. The molecule has 5 nitrogen and oxygen atoms in total. The molecule has 0 aliphatic carbocycles. The van der Waals surface area contributed by atoms with Crippen molar-refractivity contribution in [2.24, 2.45) is 0 Å². The second-order valence-corrected chi connectivity index (χ2v) is 4.09. The van der Waals surface area contributed by atoms with E-state index in [-0.39, 0.29) is 18.2 Å². The van der Waals surface area contributed by atoms with Crippen LogP contribution in [0.1, 0.15) is 24.1 Å². The molecule has 0 unspecified atom stereocenters. The number of aromatic nitrogens is 2. The van der Waals surface area contributed by atoms with Gasteiger partial charge in [-0.15, -0.1) is 0 Å². The van der Waals surface area contributed by atoms with Gasteiger partial charge in [-0.1, -0.05) is 6.92 Å². The molecule has 0 amide bonds. The van der Waals surface area contributed by atoms with E-state index < -0.39 is 11.7 Å². The zero-order valence-corrected chi connectivity index (χ0v) is 10.7. The standard InChI is InChI=1S/C12H13F3N4O/c1-2-8-5-18-11(20-8)6-17-10-4-7(12(13,14)15)3-9(16)19-10/h3-5H,2,6H2,1H3,(H3,16,17,19). The number of anilines is 2. The number of aryl methyl sites for hydroxylation is 1. The smallest absolute Gasteiger partial charge is 0.416 e. The number of oxazole rings is 1. The SMILES string of the molecule is CCc1cnc(CNc2cc(C(F)(F)F)cc(N)n2)o1. The fourth-order valence-electron chi connectivity index (χ4n) is 1.57. The van der Waals surface area contributed by atoms with Gasteiger partial charge in [0.05, 0.1) is 18.3 Å². The zero-order chi connectivity index (χ0) is 14.8. The Labute approximate surface area is 113 Å². The number of pyridine rings is 1. The van der Waals surface area contributed by atoms with Crippen molar-refractivity contribution in [2.45, 2.75) is 26.1 Å². The number of nitrogens with zero attached hydrogens (tertiary/aromatic N) is 2. The molecule has 2 aromatic heterocycles. The third-order valence-electron chi connectivity index (χ3n) is 2.54. The summed E-state index contributed by atoms with van der Waals surface area (Å²) in [5, 5.41) is 2.70. The highest BCUT2D eigenvalue weighted by Crippen LogP contribution is 2.31. The summed E-state index contributed by atoms with van der Waals surface area (Å²) in [6, 6.07) is 1.67. The third-order valence-corrected chi connectivity index (χ3v) is 2.54. The van der Waals surface area contributed by atoms with Gasteiger partial charge in [-0.25, -0.2) is 9.97 Å². The number of hydrogen-bond acceptors (Lipinski definition) is 5. The number of nitrogens with two attached hydrogens (primary N) is 1. The Balaban J connectivity index is 2.11. The van der Waals surface area contributed by atoms with Gasteiger partial charge in [0.15, 0.2) is 0 Å². The predicted octanol–water partition coefficient (Wildman–Crippen LogP) is 2.85. The van der Waals surface area contributed by atoms with E-state index >= 15 is 0 Å². The molecule has 2 aromatic rings.